The molecule has 1 aromatic rings. The van der Waals surface area contributed by atoms with Gasteiger partial charge in [0, 0.05) is 0 Å². The average molecular weight is 418 g/mol. The molecule has 0 aromatic heterocycles. The van der Waals surface area contributed by atoms with Gasteiger partial charge in [0.1, 0.15) is 0 Å². The molecule has 0 aliphatic heterocycles. The maximum Gasteiger partial charge on any atom is 0.460 e. The lowest BCUT2D eigenvalue weighted by atomic mass is 10.1. The lowest BCUT2D eigenvalue weighted by Gasteiger charge is -2.32. The quantitative estimate of drug-likeness (QED) is 0.357. The number of aryl methyl sites for hydroxylation is 1. The first-order valence-electron chi connectivity index (χ1n) is 6.71. The topological polar surface area (TPSA) is 43.4 Å². The van der Waals surface area contributed by atoms with Crippen LogP contribution in [0.5, 0.6) is 0 Å². The van der Waals surface area contributed by atoms with Crippen molar-refractivity contribution in [1.82, 2.24) is 0 Å². The van der Waals surface area contributed by atoms with Crippen LogP contribution in [0.15, 0.2) is 30.3 Å². The van der Waals surface area contributed by atoms with Crippen molar-refractivity contribution in [3.05, 3.63) is 35.9 Å². The second kappa shape index (κ2) is 7.25. The molecule has 0 radical (unpaired) electrons. The summed E-state index contributed by atoms with van der Waals surface area (Å²) in [4.78, 5) is 0. The molecular weight excluding hydrogens is 407 g/mol. The van der Waals surface area contributed by atoms with Crippen LogP contribution < -0.4 is 0 Å². The minimum atomic E-state index is -7.30. The highest BCUT2D eigenvalue weighted by atomic mass is 32.2. The zero-order chi connectivity index (χ0) is 20.4. The highest BCUT2D eigenvalue weighted by molar-refractivity contribution is 7.87. The van der Waals surface area contributed by atoms with Gasteiger partial charge in [-0.1, -0.05) is 30.3 Å². The second-order valence-corrected chi connectivity index (χ2v) is 6.69. The Morgan fingerprint density at radius 2 is 1.31 bits per heavy atom. The molecule has 150 valence electrons. The van der Waals surface area contributed by atoms with E-state index < -0.39 is 40.0 Å². The fourth-order valence-electron chi connectivity index (χ4n) is 1.68. The van der Waals surface area contributed by atoms with Gasteiger partial charge in [0.25, 0.3) is 0 Å². The van der Waals surface area contributed by atoms with Gasteiger partial charge < -0.3 is 0 Å². The van der Waals surface area contributed by atoms with Crippen molar-refractivity contribution in [2.75, 3.05) is 6.61 Å². The SMILES string of the molecule is O=S(=O)(OCCCc1ccccc1)C(F)(F)C(F)(F)C(F)(F)C(F)(F)F. The molecule has 0 unspecified atom stereocenters. The molecule has 13 heteroatoms. The molecule has 0 atom stereocenters. The van der Waals surface area contributed by atoms with Crippen molar-refractivity contribution in [2.24, 2.45) is 0 Å². The van der Waals surface area contributed by atoms with Crippen LogP contribution in [0, 0.1) is 0 Å². The van der Waals surface area contributed by atoms with E-state index in [-0.39, 0.29) is 12.8 Å². The molecule has 3 nitrogen and oxygen atoms in total. The molecule has 1 rings (SSSR count). The molecule has 0 saturated carbocycles. The average Bonchev–Trinajstić information content (AvgIpc) is 2.51. The fraction of sp³-hybridized carbons (Fsp3) is 0.538. The van der Waals surface area contributed by atoms with E-state index in [1.807, 2.05) is 0 Å². The van der Waals surface area contributed by atoms with E-state index in [0.29, 0.717) is 5.56 Å². The smallest absolute Gasteiger partial charge is 0.265 e. The van der Waals surface area contributed by atoms with E-state index in [1.54, 1.807) is 30.3 Å². The van der Waals surface area contributed by atoms with Gasteiger partial charge in [-0.05, 0) is 18.4 Å². The fourth-order valence-corrected chi connectivity index (χ4v) is 2.61. The number of rotatable bonds is 8. The summed E-state index contributed by atoms with van der Waals surface area (Å²) in [7, 11) is -6.78. The molecule has 0 aliphatic rings. The molecule has 1 aromatic carbocycles. The summed E-state index contributed by atoms with van der Waals surface area (Å²) < 4.78 is 140. The van der Waals surface area contributed by atoms with Gasteiger partial charge >= 0.3 is 33.4 Å². The van der Waals surface area contributed by atoms with Gasteiger partial charge in [0.2, 0.25) is 0 Å². The van der Waals surface area contributed by atoms with E-state index in [2.05, 4.69) is 4.18 Å². The third-order valence-electron chi connectivity index (χ3n) is 3.12. The van der Waals surface area contributed by atoms with Crippen LogP contribution in [0.4, 0.5) is 39.5 Å². The molecule has 0 amide bonds. The number of benzene rings is 1. The Morgan fingerprint density at radius 1 is 0.808 bits per heavy atom. The Balaban J connectivity index is 2.88. The van der Waals surface area contributed by atoms with E-state index in [9.17, 15) is 47.9 Å². The predicted molar refractivity (Wildman–Crippen MR) is 70.5 cm³/mol. The third kappa shape index (κ3) is 4.08. The lowest BCUT2D eigenvalue weighted by Crippen LogP contribution is -2.63. The van der Waals surface area contributed by atoms with Crippen LogP contribution in [-0.4, -0.2) is 38.3 Å². The van der Waals surface area contributed by atoms with Crippen molar-refractivity contribution in [1.29, 1.82) is 0 Å². The molecule has 0 bridgehead atoms. The first kappa shape index (κ1) is 22.5. The normalized spacial score (nSPS) is 14.5. The van der Waals surface area contributed by atoms with Crippen molar-refractivity contribution in [3.8, 4) is 0 Å². The number of hydrogen-bond acceptors (Lipinski definition) is 3. The maximum atomic E-state index is 13.3. The molecule has 0 fully saturated rings. The van der Waals surface area contributed by atoms with Crippen molar-refractivity contribution < 1.29 is 52.1 Å². The Labute approximate surface area is 141 Å². The summed E-state index contributed by atoms with van der Waals surface area (Å²) in [5, 5.41) is -6.81. The molecule has 0 aliphatic carbocycles. The van der Waals surface area contributed by atoms with Crippen molar-refractivity contribution >= 4 is 10.1 Å². The molecule has 0 spiro atoms. The standard InChI is InChI=1S/C13H11F9O3S/c14-10(15,12(18,19)20)11(16,17)13(21,22)26(23,24)25-8-4-7-9-5-2-1-3-6-9/h1-3,5-6H,4,7-8H2. The Morgan fingerprint density at radius 3 is 1.77 bits per heavy atom. The summed E-state index contributed by atoms with van der Waals surface area (Å²) in [6, 6.07) is 7.91. The Hall–Kier alpha value is -1.50. The van der Waals surface area contributed by atoms with E-state index >= 15 is 0 Å². The third-order valence-corrected chi connectivity index (χ3v) is 4.48. The van der Waals surface area contributed by atoms with Gasteiger partial charge in [-0.2, -0.15) is 47.9 Å². The minimum absolute atomic E-state index is 0.0526. The Kier molecular flexibility index (Phi) is 6.29. The monoisotopic (exact) mass is 418 g/mol. The number of alkyl halides is 9. The Bertz CT molecular complexity index is 699. The molecule has 0 saturated heterocycles. The molecule has 0 heterocycles. The second-order valence-electron chi connectivity index (χ2n) is 5.03. The van der Waals surface area contributed by atoms with Gasteiger partial charge in [-0.3, -0.25) is 4.18 Å². The highest BCUT2D eigenvalue weighted by Gasteiger charge is 2.85. The summed E-state index contributed by atoms with van der Waals surface area (Å²) in [5.41, 5.74) is 0.592. The number of hydrogen-bond donors (Lipinski definition) is 0. The maximum absolute atomic E-state index is 13.3. The van der Waals surface area contributed by atoms with Crippen LogP contribution in [-0.2, 0) is 20.7 Å². The van der Waals surface area contributed by atoms with Crippen LogP contribution in [0.2, 0.25) is 0 Å². The van der Waals surface area contributed by atoms with E-state index in [4.69, 9.17) is 0 Å². The number of halogens is 9. The molecule has 26 heavy (non-hydrogen) atoms. The molecule has 0 N–H and O–H groups in total. The van der Waals surface area contributed by atoms with Crippen LogP contribution >= 0.6 is 0 Å². The van der Waals surface area contributed by atoms with Crippen LogP contribution in [0.1, 0.15) is 12.0 Å². The van der Waals surface area contributed by atoms with Crippen molar-refractivity contribution in [2.45, 2.75) is 36.1 Å². The van der Waals surface area contributed by atoms with Gasteiger partial charge in [-0.25, -0.2) is 0 Å². The minimum Gasteiger partial charge on any atom is -0.265 e. The summed E-state index contributed by atoms with van der Waals surface area (Å²) in [6.45, 7) is -1.12. The van der Waals surface area contributed by atoms with E-state index in [1.165, 1.54) is 0 Å². The van der Waals surface area contributed by atoms with Crippen LogP contribution in [0.3, 0.4) is 0 Å². The van der Waals surface area contributed by atoms with Crippen molar-refractivity contribution in [3.63, 3.8) is 0 Å². The first-order chi connectivity index (χ1) is 11.6. The summed E-state index contributed by atoms with van der Waals surface area (Å²) in [6.07, 6.45) is -7.36. The van der Waals surface area contributed by atoms with E-state index in [0.717, 1.165) is 0 Å². The van der Waals surface area contributed by atoms with Gasteiger partial charge in [-0.15, -0.1) is 0 Å². The highest BCUT2D eigenvalue weighted by Crippen LogP contribution is 2.54. The zero-order valence-corrected chi connectivity index (χ0v) is 13.4. The van der Waals surface area contributed by atoms with Gasteiger partial charge in [0.05, 0.1) is 6.61 Å². The summed E-state index contributed by atoms with van der Waals surface area (Å²) >= 11 is 0. The first-order valence-corrected chi connectivity index (χ1v) is 8.12. The largest absolute Gasteiger partial charge is 0.460 e. The van der Waals surface area contributed by atoms with Crippen LogP contribution in [0.25, 0.3) is 0 Å². The molecular formula is C13H11F9O3S. The predicted octanol–water partition coefficient (Wildman–Crippen LogP) is 4.39. The summed E-state index contributed by atoms with van der Waals surface area (Å²) in [5.74, 6) is -14.6. The zero-order valence-electron chi connectivity index (χ0n) is 12.5. The van der Waals surface area contributed by atoms with Gasteiger partial charge in [0.15, 0.2) is 0 Å². The lowest BCUT2D eigenvalue weighted by molar-refractivity contribution is -0.382.